The van der Waals surface area contributed by atoms with Gasteiger partial charge in [0.2, 0.25) is 0 Å². The maximum absolute atomic E-state index is 11.0. The normalized spacial score (nSPS) is 14.0. The summed E-state index contributed by atoms with van der Waals surface area (Å²) in [5.41, 5.74) is 0.789. The Morgan fingerprint density at radius 3 is 2.61 bits per heavy atom. The van der Waals surface area contributed by atoms with Crippen LogP contribution in [0.1, 0.15) is 25.0 Å². The summed E-state index contributed by atoms with van der Waals surface area (Å²) in [6, 6.07) is 6.98. The second kappa shape index (κ2) is 7.36. The van der Waals surface area contributed by atoms with Gasteiger partial charge in [0.1, 0.15) is 0 Å². The van der Waals surface area contributed by atoms with Crippen LogP contribution in [0.3, 0.4) is 0 Å². The molecular formula is C13H18ClNO3. The molecule has 2 unspecified atom stereocenters. The summed E-state index contributed by atoms with van der Waals surface area (Å²) >= 11 is 5.77. The molecule has 0 aliphatic carbocycles. The van der Waals surface area contributed by atoms with Gasteiger partial charge in [0.15, 0.2) is 0 Å². The monoisotopic (exact) mass is 271 g/mol. The Balaban J connectivity index is 2.38. The first-order valence-corrected chi connectivity index (χ1v) is 6.14. The summed E-state index contributed by atoms with van der Waals surface area (Å²) in [6.45, 7) is 2.24. The average molecular weight is 272 g/mol. The molecule has 5 heteroatoms. The molecule has 0 spiro atoms. The zero-order chi connectivity index (χ0) is 13.5. The minimum Gasteiger partial charge on any atom is -0.469 e. The van der Waals surface area contributed by atoms with Crippen molar-refractivity contribution >= 4 is 17.6 Å². The van der Waals surface area contributed by atoms with Crippen LogP contribution in [0.15, 0.2) is 24.3 Å². The third kappa shape index (κ3) is 5.04. The van der Waals surface area contributed by atoms with Crippen molar-refractivity contribution in [3.63, 3.8) is 0 Å². The molecule has 2 N–H and O–H groups in total. The van der Waals surface area contributed by atoms with E-state index in [-0.39, 0.29) is 18.4 Å². The van der Waals surface area contributed by atoms with E-state index in [1.54, 1.807) is 24.3 Å². The van der Waals surface area contributed by atoms with Gasteiger partial charge >= 0.3 is 5.97 Å². The van der Waals surface area contributed by atoms with E-state index in [0.29, 0.717) is 11.6 Å². The number of nitrogens with one attached hydrogen (secondary N) is 1. The molecule has 2 atom stereocenters. The van der Waals surface area contributed by atoms with Crippen LogP contribution in [0.2, 0.25) is 5.02 Å². The van der Waals surface area contributed by atoms with Crippen molar-refractivity contribution in [1.82, 2.24) is 5.32 Å². The molecule has 18 heavy (non-hydrogen) atoms. The van der Waals surface area contributed by atoms with Crippen molar-refractivity contribution in [2.45, 2.75) is 25.5 Å². The molecule has 0 saturated heterocycles. The standard InChI is InChI=1S/C13H18ClNO3/c1-9(7-13(17)18-2)15-8-12(16)10-3-5-11(14)6-4-10/h3-6,9,12,15-16H,7-8H2,1-2H3. The predicted octanol–water partition coefficient (Wildman–Crippen LogP) is 1.91. The number of carbonyl (C=O) groups excluding carboxylic acids is 1. The third-order valence-corrected chi connectivity index (χ3v) is 2.87. The number of esters is 1. The van der Waals surface area contributed by atoms with Gasteiger partial charge in [-0.05, 0) is 24.6 Å². The van der Waals surface area contributed by atoms with Crippen LogP contribution < -0.4 is 5.32 Å². The summed E-state index contributed by atoms with van der Waals surface area (Å²) in [5.74, 6) is -0.268. The van der Waals surface area contributed by atoms with Crippen molar-refractivity contribution in [2.75, 3.05) is 13.7 Å². The largest absolute Gasteiger partial charge is 0.469 e. The van der Waals surface area contributed by atoms with Crippen molar-refractivity contribution < 1.29 is 14.6 Å². The predicted molar refractivity (Wildman–Crippen MR) is 70.5 cm³/mol. The first-order valence-electron chi connectivity index (χ1n) is 5.76. The minimum atomic E-state index is -0.623. The van der Waals surface area contributed by atoms with Gasteiger partial charge in [0.05, 0.1) is 19.6 Å². The van der Waals surface area contributed by atoms with Gasteiger partial charge in [0, 0.05) is 17.6 Å². The second-order valence-electron chi connectivity index (χ2n) is 4.16. The number of aliphatic hydroxyl groups is 1. The average Bonchev–Trinajstić information content (AvgIpc) is 2.36. The molecule has 100 valence electrons. The van der Waals surface area contributed by atoms with Gasteiger partial charge in [-0.2, -0.15) is 0 Å². The fourth-order valence-corrected chi connectivity index (χ4v) is 1.65. The number of aliphatic hydroxyl groups excluding tert-OH is 1. The lowest BCUT2D eigenvalue weighted by Gasteiger charge is -2.16. The summed E-state index contributed by atoms with van der Waals surface area (Å²) in [4.78, 5) is 11.0. The number of halogens is 1. The zero-order valence-electron chi connectivity index (χ0n) is 10.5. The Morgan fingerprint density at radius 1 is 1.44 bits per heavy atom. The summed E-state index contributed by atoms with van der Waals surface area (Å²) in [5, 5.41) is 13.6. The van der Waals surface area contributed by atoms with Crippen LogP contribution >= 0.6 is 11.6 Å². The van der Waals surface area contributed by atoms with E-state index in [9.17, 15) is 9.90 Å². The molecule has 0 saturated carbocycles. The SMILES string of the molecule is COC(=O)CC(C)NCC(O)c1ccc(Cl)cc1. The number of hydrogen-bond donors (Lipinski definition) is 2. The van der Waals surface area contributed by atoms with Crippen LogP contribution in [0.4, 0.5) is 0 Å². The lowest BCUT2D eigenvalue weighted by atomic mass is 10.1. The third-order valence-electron chi connectivity index (χ3n) is 2.61. The zero-order valence-corrected chi connectivity index (χ0v) is 11.3. The second-order valence-corrected chi connectivity index (χ2v) is 4.59. The van der Waals surface area contributed by atoms with E-state index in [1.807, 2.05) is 6.92 Å². The van der Waals surface area contributed by atoms with Crippen LogP contribution in [-0.4, -0.2) is 30.8 Å². The molecule has 0 bridgehead atoms. The lowest BCUT2D eigenvalue weighted by Crippen LogP contribution is -2.32. The highest BCUT2D eigenvalue weighted by atomic mass is 35.5. The molecule has 1 aromatic rings. The molecule has 1 rings (SSSR count). The number of ether oxygens (including phenoxy) is 1. The molecule has 0 aliphatic heterocycles. The number of carbonyl (C=O) groups is 1. The van der Waals surface area contributed by atoms with Crippen molar-refractivity contribution in [1.29, 1.82) is 0 Å². The van der Waals surface area contributed by atoms with Gasteiger partial charge in [-0.15, -0.1) is 0 Å². The van der Waals surface area contributed by atoms with Gasteiger partial charge in [-0.1, -0.05) is 23.7 Å². The highest BCUT2D eigenvalue weighted by molar-refractivity contribution is 6.30. The fraction of sp³-hybridized carbons (Fsp3) is 0.462. The molecule has 0 fully saturated rings. The van der Waals surface area contributed by atoms with Gasteiger partial charge < -0.3 is 15.2 Å². The van der Waals surface area contributed by atoms with Crippen molar-refractivity contribution in [3.05, 3.63) is 34.9 Å². The van der Waals surface area contributed by atoms with E-state index < -0.39 is 6.10 Å². The topological polar surface area (TPSA) is 58.6 Å². The van der Waals surface area contributed by atoms with E-state index in [0.717, 1.165) is 5.56 Å². The number of benzene rings is 1. The first kappa shape index (κ1) is 15.0. The highest BCUT2D eigenvalue weighted by Gasteiger charge is 2.12. The van der Waals surface area contributed by atoms with Crippen LogP contribution in [0.25, 0.3) is 0 Å². The molecular weight excluding hydrogens is 254 g/mol. The molecule has 0 amide bonds. The van der Waals surface area contributed by atoms with E-state index in [2.05, 4.69) is 10.1 Å². The van der Waals surface area contributed by atoms with Crippen molar-refractivity contribution in [3.8, 4) is 0 Å². The molecule has 0 heterocycles. The summed E-state index contributed by atoms with van der Waals surface area (Å²) < 4.78 is 4.57. The van der Waals surface area contributed by atoms with E-state index in [4.69, 9.17) is 11.6 Å². The first-order chi connectivity index (χ1) is 8.52. The van der Waals surface area contributed by atoms with E-state index >= 15 is 0 Å². The number of rotatable bonds is 6. The fourth-order valence-electron chi connectivity index (χ4n) is 1.52. The smallest absolute Gasteiger partial charge is 0.307 e. The van der Waals surface area contributed by atoms with Crippen LogP contribution in [-0.2, 0) is 9.53 Å². The Hall–Kier alpha value is -1.10. The molecule has 0 aromatic heterocycles. The number of hydrogen-bond acceptors (Lipinski definition) is 4. The molecule has 4 nitrogen and oxygen atoms in total. The maximum atomic E-state index is 11.0. The summed E-state index contributed by atoms with van der Waals surface area (Å²) in [6.07, 6.45) is -0.341. The van der Waals surface area contributed by atoms with Crippen LogP contribution in [0.5, 0.6) is 0 Å². The Morgan fingerprint density at radius 2 is 2.06 bits per heavy atom. The summed E-state index contributed by atoms with van der Waals surface area (Å²) in [7, 11) is 1.36. The number of methoxy groups -OCH3 is 1. The van der Waals surface area contributed by atoms with Crippen LogP contribution in [0, 0.1) is 0 Å². The Kier molecular flexibility index (Phi) is 6.12. The molecule has 1 aromatic carbocycles. The van der Waals surface area contributed by atoms with Crippen molar-refractivity contribution in [2.24, 2.45) is 0 Å². The Bertz CT molecular complexity index is 380. The molecule has 0 aliphatic rings. The van der Waals surface area contributed by atoms with Gasteiger partial charge in [0.25, 0.3) is 0 Å². The van der Waals surface area contributed by atoms with Gasteiger partial charge in [-0.3, -0.25) is 4.79 Å². The maximum Gasteiger partial charge on any atom is 0.307 e. The highest BCUT2D eigenvalue weighted by Crippen LogP contribution is 2.15. The minimum absolute atomic E-state index is 0.0422. The van der Waals surface area contributed by atoms with Gasteiger partial charge in [-0.25, -0.2) is 0 Å². The quantitative estimate of drug-likeness (QED) is 0.776. The Labute approximate surface area is 112 Å². The molecule has 0 radical (unpaired) electrons. The van der Waals surface area contributed by atoms with E-state index in [1.165, 1.54) is 7.11 Å². The lowest BCUT2D eigenvalue weighted by molar-refractivity contribution is -0.141.